The van der Waals surface area contributed by atoms with Crippen LogP contribution in [0, 0.1) is 10.1 Å². The number of nitro groups is 1. The first kappa shape index (κ1) is 24.3. The van der Waals surface area contributed by atoms with Crippen LogP contribution in [-0.4, -0.2) is 26.8 Å². The molecule has 2 aromatic carbocycles. The molecule has 33 heavy (non-hydrogen) atoms. The van der Waals surface area contributed by atoms with Crippen LogP contribution in [0.4, 0.5) is 5.69 Å². The fourth-order valence-corrected chi connectivity index (χ4v) is 3.79. The van der Waals surface area contributed by atoms with Gasteiger partial charge in [-0.25, -0.2) is 0 Å². The molecule has 0 aliphatic carbocycles. The van der Waals surface area contributed by atoms with E-state index in [9.17, 15) is 14.9 Å². The molecule has 0 fully saturated rings. The van der Waals surface area contributed by atoms with Gasteiger partial charge in [-0.05, 0) is 60.0 Å². The molecule has 0 spiro atoms. The van der Waals surface area contributed by atoms with Crippen molar-refractivity contribution in [3.63, 3.8) is 0 Å². The highest BCUT2D eigenvalue weighted by atomic mass is 35.5. The Kier molecular flexibility index (Phi) is 8.84. The standard InChI is InChI=1S/C26H28ClN3O3/c1-2-3-4-16-29(26(31)15-12-21-10-13-24(14-11-21)30(32)33)20-25-9-6-17-28(25)19-22-7-5-8-23(27)18-22/h5-15,17-18H,2-4,16,19-20H2,1H3. The monoisotopic (exact) mass is 465 g/mol. The van der Waals surface area contributed by atoms with Crippen molar-refractivity contribution < 1.29 is 9.72 Å². The molecule has 6 nitrogen and oxygen atoms in total. The van der Waals surface area contributed by atoms with Crippen LogP contribution in [0.2, 0.25) is 5.02 Å². The van der Waals surface area contributed by atoms with Crippen molar-refractivity contribution in [2.75, 3.05) is 6.54 Å². The molecular weight excluding hydrogens is 438 g/mol. The van der Waals surface area contributed by atoms with Crippen molar-refractivity contribution in [3.8, 4) is 0 Å². The molecule has 0 aliphatic heterocycles. The minimum Gasteiger partial charge on any atom is -0.345 e. The summed E-state index contributed by atoms with van der Waals surface area (Å²) in [4.78, 5) is 25.3. The van der Waals surface area contributed by atoms with E-state index in [1.54, 1.807) is 18.2 Å². The van der Waals surface area contributed by atoms with Crippen molar-refractivity contribution in [2.24, 2.45) is 0 Å². The first-order valence-electron chi connectivity index (χ1n) is 11.1. The van der Waals surface area contributed by atoms with Gasteiger partial charge in [-0.3, -0.25) is 14.9 Å². The van der Waals surface area contributed by atoms with Crippen LogP contribution >= 0.6 is 11.6 Å². The molecule has 1 heterocycles. The summed E-state index contributed by atoms with van der Waals surface area (Å²) in [6.07, 6.45) is 8.31. The third kappa shape index (κ3) is 7.32. The number of unbranched alkanes of at least 4 members (excludes halogenated alkanes) is 2. The number of carbonyl (C=O) groups excluding carboxylic acids is 1. The molecule has 0 saturated heterocycles. The van der Waals surface area contributed by atoms with Crippen LogP contribution in [0.5, 0.6) is 0 Å². The lowest BCUT2D eigenvalue weighted by molar-refractivity contribution is -0.384. The second-order valence-corrected chi connectivity index (χ2v) is 8.34. The van der Waals surface area contributed by atoms with Gasteiger partial charge in [0.2, 0.25) is 5.91 Å². The lowest BCUT2D eigenvalue weighted by atomic mass is 10.2. The number of rotatable bonds is 11. The zero-order chi connectivity index (χ0) is 23.6. The number of benzene rings is 2. The van der Waals surface area contributed by atoms with Crippen LogP contribution in [0.15, 0.2) is 72.9 Å². The second kappa shape index (κ2) is 12.0. The van der Waals surface area contributed by atoms with Gasteiger partial charge in [0.15, 0.2) is 0 Å². The lowest BCUT2D eigenvalue weighted by Gasteiger charge is -2.22. The smallest absolute Gasteiger partial charge is 0.269 e. The number of aromatic nitrogens is 1. The predicted molar refractivity (Wildman–Crippen MR) is 132 cm³/mol. The van der Waals surface area contributed by atoms with Gasteiger partial charge in [0.05, 0.1) is 11.5 Å². The number of carbonyl (C=O) groups is 1. The Morgan fingerprint density at radius 2 is 1.91 bits per heavy atom. The van der Waals surface area contributed by atoms with E-state index in [-0.39, 0.29) is 11.6 Å². The summed E-state index contributed by atoms with van der Waals surface area (Å²) < 4.78 is 2.13. The average Bonchev–Trinajstić information content (AvgIpc) is 3.23. The van der Waals surface area contributed by atoms with Crippen molar-refractivity contribution in [1.29, 1.82) is 0 Å². The Morgan fingerprint density at radius 3 is 2.61 bits per heavy atom. The Labute approximate surface area is 199 Å². The molecule has 0 aliphatic rings. The molecule has 0 radical (unpaired) electrons. The maximum atomic E-state index is 13.0. The van der Waals surface area contributed by atoms with Gasteiger partial charge in [-0.2, -0.15) is 0 Å². The zero-order valence-corrected chi connectivity index (χ0v) is 19.4. The fraction of sp³-hybridized carbons (Fsp3) is 0.269. The normalized spacial score (nSPS) is 11.1. The minimum atomic E-state index is -0.438. The summed E-state index contributed by atoms with van der Waals surface area (Å²) in [5.74, 6) is -0.0834. The van der Waals surface area contributed by atoms with Crippen molar-refractivity contribution in [1.82, 2.24) is 9.47 Å². The number of nitro benzene ring substituents is 1. The SMILES string of the molecule is CCCCCN(Cc1cccn1Cc1cccc(Cl)c1)C(=O)C=Cc1ccc([N+](=O)[O-])cc1. The molecule has 0 N–H and O–H groups in total. The lowest BCUT2D eigenvalue weighted by Crippen LogP contribution is -2.31. The van der Waals surface area contributed by atoms with Crippen LogP contribution < -0.4 is 0 Å². The number of nitrogens with zero attached hydrogens (tertiary/aromatic N) is 3. The van der Waals surface area contributed by atoms with Gasteiger partial charge < -0.3 is 9.47 Å². The summed E-state index contributed by atoms with van der Waals surface area (Å²) in [6.45, 7) is 3.98. The third-order valence-corrected chi connectivity index (χ3v) is 5.62. The summed E-state index contributed by atoms with van der Waals surface area (Å²) >= 11 is 6.13. The molecule has 1 amide bonds. The maximum absolute atomic E-state index is 13.0. The van der Waals surface area contributed by atoms with Crippen LogP contribution in [0.3, 0.4) is 0 Å². The Hall–Kier alpha value is -3.38. The largest absolute Gasteiger partial charge is 0.345 e. The number of hydrogen-bond donors (Lipinski definition) is 0. The molecule has 3 rings (SSSR count). The molecule has 0 saturated carbocycles. The number of hydrogen-bond acceptors (Lipinski definition) is 3. The molecule has 0 bridgehead atoms. The highest BCUT2D eigenvalue weighted by Gasteiger charge is 2.14. The van der Waals surface area contributed by atoms with E-state index in [0.29, 0.717) is 24.7 Å². The van der Waals surface area contributed by atoms with Crippen molar-refractivity contribution in [2.45, 2.75) is 39.3 Å². The van der Waals surface area contributed by atoms with Gasteiger partial charge in [0, 0.05) is 48.2 Å². The van der Waals surface area contributed by atoms with E-state index in [1.807, 2.05) is 47.5 Å². The van der Waals surface area contributed by atoms with Gasteiger partial charge in [-0.1, -0.05) is 43.5 Å². The summed E-state index contributed by atoms with van der Waals surface area (Å²) in [7, 11) is 0. The summed E-state index contributed by atoms with van der Waals surface area (Å²) in [5.41, 5.74) is 2.91. The van der Waals surface area contributed by atoms with Crippen LogP contribution in [-0.2, 0) is 17.9 Å². The Bertz CT molecular complexity index is 1110. The topological polar surface area (TPSA) is 68.4 Å². The first-order chi connectivity index (χ1) is 16.0. The first-order valence-corrected chi connectivity index (χ1v) is 11.4. The average molecular weight is 466 g/mol. The van der Waals surface area contributed by atoms with Crippen molar-refractivity contribution >= 4 is 29.3 Å². The third-order valence-electron chi connectivity index (χ3n) is 5.38. The highest BCUT2D eigenvalue weighted by Crippen LogP contribution is 2.16. The van der Waals surface area contributed by atoms with Gasteiger partial charge in [0.1, 0.15) is 0 Å². The van der Waals surface area contributed by atoms with E-state index in [1.165, 1.54) is 18.2 Å². The van der Waals surface area contributed by atoms with E-state index in [0.717, 1.165) is 36.1 Å². The molecule has 172 valence electrons. The van der Waals surface area contributed by atoms with Gasteiger partial charge in [0.25, 0.3) is 5.69 Å². The van der Waals surface area contributed by atoms with Crippen LogP contribution in [0.25, 0.3) is 6.08 Å². The molecule has 1 aromatic heterocycles. The summed E-state index contributed by atoms with van der Waals surface area (Å²) in [5, 5.41) is 11.5. The van der Waals surface area contributed by atoms with E-state index in [2.05, 4.69) is 11.5 Å². The molecular formula is C26H28ClN3O3. The predicted octanol–water partition coefficient (Wildman–Crippen LogP) is 6.33. The minimum absolute atomic E-state index is 0.0279. The number of halogens is 1. The van der Waals surface area contributed by atoms with Gasteiger partial charge >= 0.3 is 0 Å². The van der Waals surface area contributed by atoms with Gasteiger partial charge in [-0.15, -0.1) is 0 Å². The number of amides is 1. The zero-order valence-electron chi connectivity index (χ0n) is 18.7. The Balaban J connectivity index is 1.72. The fourth-order valence-electron chi connectivity index (χ4n) is 3.57. The number of non-ortho nitro benzene ring substituents is 1. The molecule has 0 atom stereocenters. The molecule has 3 aromatic rings. The van der Waals surface area contributed by atoms with E-state index < -0.39 is 4.92 Å². The quantitative estimate of drug-likeness (QED) is 0.144. The Morgan fingerprint density at radius 1 is 1.12 bits per heavy atom. The van der Waals surface area contributed by atoms with E-state index in [4.69, 9.17) is 11.6 Å². The second-order valence-electron chi connectivity index (χ2n) is 7.91. The van der Waals surface area contributed by atoms with Crippen LogP contribution in [0.1, 0.15) is 43.0 Å². The maximum Gasteiger partial charge on any atom is 0.269 e. The van der Waals surface area contributed by atoms with E-state index >= 15 is 0 Å². The summed E-state index contributed by atoms with van der Waals surface area (Å²) in [6, 6.07) is 17.9. The highest BCUT2D eigenvalue weighted by molar-refractivity contribution is 6.30. The molecule has 0 unspecified atom stereocenters. The molecule has 7 heteroatoms. The van der Waals surface area contributed by atoms with Crippen molar-refractivity contribution in [3.05, 3.63) is 105 Å².